The average Bonchev–Trinajstić information content (AvgIpc) is 2.01. The van der Waals surface area contributed by atoms with Gasteiger partial charge in [-0.05, 0) is 44.4 Å². The highest BCUT2D eigenvalue weighted by atomic mass is 16.3. The van der Waals surface area contributed by atoms with Crippen molar-refractivity contribution < 1.29 is 5.11 Å². The summed E-state index contributed by atoms with van der Waals surface area (Å²) < 4.78 is 0. The lowest BCUT2D eigenvalue weighted by molar-refractivity contribution is 0.125. The summed E-state index contributed by atoms with van der Waals surface area (Å²) in [5.41, 5.74) is 1.51. The Balaban J connectivity index is 2.36. The molecule has 0 saturated heterocycles. The number of allylic oxidation sites excluding steroid dienone is 2. The summed E-state index contributed by atoms with van der Waals surface area (Å²) in [4.78, 5) is 0. The van der Waals surface area contributed by atoms with E-state index >= 15 is 0 Å². The van der Waals surface area contributed by atoms with Crippen molar-refractivity contribution in [1.82, 2.24) is 0 Å². The van der Waals surface area contributed by atoms with Gasteiger partial charge in [-0.25, -0.2) is 0 Å². The maximum atomic E-state index is 9.75. The molecule has 0 fully saturated rings. The van der Waals surface area contributed by atoms with Gasteiger partial charge in [-0.15, -0.1) is 0 Å². The van der Waals surface area contributed by atoms with Crippen molar-refractivity contribution >= 4 is 0 Å². The molecule has 0 heterocycles. The van der Waals surface area contributed by atoms with E-state index in [-0.39, 0.29) is 6.10 Å². The van der Waals surface area contributed by atoms with Crippen LogP contribution in [0.3, 0.4) is 0 Å². The number of aliphatic hydroxyl groups excluding tert-OH is 1. The molecule has 0 aliphatic heterocycles. The standard InChI is InChI=1S/C13H24O/c1-4-5-13(14)9-12-7-10(2)6-11(3)8-12/h6,10,12-14H,4-5,7-9H2,1-3H3. The first kappa shape index (κ1) is 11.8. The third kappa shape index (κ3) is 3.83. The van der Waals surface area contributed by atoms with E-state index in [9.17, 15) is 5.11 Å². The van der Waals surface area contributed by atoms with Crippen LogP contribution >= 0.6 is 0 Å². The van der Waals surface area contributed by atoms with E-state index in [4.69, 9.17) is 0 Å². The van der Waals surface area contributed by atoms with Crippen LogP contribution in [0.4, 0.5) is 0 Å². The molecule has 1 rings (SSSR count). The molecule has 0 bridgehead atoms. The van der Waals surface area contributed by atoms with E-state index in [1.54, 1.807) is 0 Å². The van der Waals surface area contributed by atoms with Crippen LogP contribution in [0.1, 0.15) is 52.9 Å². The topological polar surface area (TPSA) is 20.2 Å². The SMILES string of the molecule is CCCC(O)CC1CC(C)=CC(C)C1. The summed E-state index contributed by atoms with van der Waals surface area (Å²) in [6, 6.07) is 0. The third-order valence-corrected chi connectivity index (χ3v) is 3.11. The van der Waals surface area contributed by atoms with Gasteiger partial charge in [0.05, 0.1) is 6.10 Å². The summed E-state index contributed by atoms with van der Waals surface area (Å²) in [6.45, 7) is 6.63. The maximum Gasteiger partial charge on any atom is 0.0543 e. The van der Waals surface area contributed by atoms with Crippen molar-refractivity contribution in [3.63, 3.8) is 0 Å². The first-order valence-corrected chi connectivity index (χ1v) is 5.97. The van der Waals surface area contributed by atoms with Crippen molar-refractivity contribution in [2.45, 2.75) is 59.0 Å². The smallest absolute Gasteiger partial charge is 0.0543 e. The molecule has 1 aliphatic carbocycles. The predicted octanol–water partition coefficient (Wildman–Crippen LogP) is 3.53. The van der Waals surface area contributed by atoms with Gasteiger partial charge in [0.15, 0.2) is 0 Å². The average molecular weight is 196 g/mol. The van der Waals surface area contributed by atoms with Crippen molar-refractivity contribution in [2.24, 2.45) is 11.8 Å². The van der Waals surface area contributed by atoms with Gasteiger partial charge in [0.2, 0.25) is 0 Å². The van der Waals surface area contributed by atoms with Crippen LogP contribution in [-0.4, -0.2) is 11.2 Å². The Morgan fingerprint density at radius 3 is 2.86 bits per heavy atom. The number of aliphatic hydroxyl groups is 1. The minimum absolute atomic E-state index is 0.0666. The van der Waals surface area contributed by atoms with Gasteiger partial charge < -0.3 is 5.11 Å². The van der Waals surface area contributed by atoms with Crippen molar-refractivity contribution in [3.8, 4) is 0 Å². The minimum Gasteiger partial charge on any atom is -0.393 e. The molecule has 0 spiro atoms. The molecule has 82 valence electrons. The summed E-state index contributed by atoms with van der Waals surface area (Å²) in [5.74, 6) is 1.43. The lowest BCUT2D eigenvalue weighted by atomic mass is 9.80. The fraction of sp³-hybridized carbons (Fsp3) is 0.846. The minimum atomic E-state index is -0.0666. The van der Waals surface area contributed by atoms with Gasteiger partial charge in [0, 0.05) is 0 Å². The Morgan fingerprint density at radius 2 is 2.29 bits per heavy atom. The van der Waals surface area contributed by atoms with Gasteiger partial charge >= 0.3 is 0 Å². The molecule has 3 atom stereocenters. The fourth-order valence-electron chi connectivity index (χ4n) is 2.70. The zero-order chi connectivity index (χ0) is 10.6. The maximum absolute atomic E-state index is 9.75. The summed E-state index contributed by atoms with van der Waals surface area (Å²) in [5, 5.41) is 9.75. The Hall–Kier alpha value is -0.300. The fourth-order valence-corrected chi connectivity index (χ4v) is 2.70. The van der Waals surface area contributed by atoms with E-state index in [0.717, 1.165) is 25.2 Å². The van der Waals surface area contributed by atoms with Crippen molar-refractivity contribution in [1.29, 1.82) is 0 Å². The zero-order valence-corrected chi connectivity index (χ0v) is 9.79. The second kappa shape index (κ2) is 5.55. The summed E-state index contributed by atoms with van der Waals surface area (Å²) in [7, 11) is 0. The van der Waals surface area contributed by atoms with Gasteiger partial charge in [0.25, 0.3) is 0 Å². The van der Waals surface area contributed by atoms with E-state index in [2.05, 4.69) is 26.8 Å². The number of rotatable bonds is 4. The Morgan fingerprint density at radius 1 is 1.57 bits per heavy atom. The predicted molar refractivity (Wildman–Crippen MR) is 61.2 cm³/mol. The van der Waals surface area contributed by atoms with Crippen LogP contribution in [-0.2, 0) is 0 Å². The molecular weight excluding hydrogens is 172 g/mol. The highest BCUT2D eigenvalue weighted by Crippen LogP contribution is 2.31. The largest absolute Gasteiger partial charge is 0.393 e. The Labute approximate surface area is 88.2 Å². The first-order chi connectivity index (χ1) is 6.61. The van der Waals surface area contributed by atoms with Crippen molar-refractivity contribution in [2.75, 3.05) is 0 Å². The molecule has 1 nitrogen and oxygen atoms in total. The van der Waals surface area contributed by atoms with Gasteiger partial charge in [-0.2, -0.15) is 0 Å². The molecule has 1 aliphatic rings. The quantitative estimate of drug-likeness (QED) is 0.682. The van der Waals surface area contributed by atoms with Crippen LogP contribution in [0.15, 0.2) is 11.6 Å². The third-order valence-electron chi connectivity index (χ3n) is 3.11. The van der Waals surface area contributed by atoms with Crippen LogP contribution in [0.25, 0.3) is 0 Å². The van der Waals surface area contributed by atoms with Gasteiger partial charge in [0.1, 0.15) is 0 Å². The first-order valence-electron chi connectivity index (χ1n) is 5.97. The normalized spacial score (nSPS) is 29.9. The van der Waals surface area contributed by atoms with E-state index in [1.165, 1.54) is 18.4 Å². The highest BCUT2D eigenvalue weighted by molar-refractivity contribution is 5.06. The molecule has 0 radical (unpaired) electrons. The molecular formula is C13H24O. The van der Waals surface area contributed by atoms with Crippen molar-refractivity contribution in [3.05, 3.63) is 11.6 Å². The highest BCUT2D eigenvalue weighted by Gasteiger charge is 2.20. The lowest BCUT2D eigenvalue weighted by Gasteiger charge is -2.27. The molecule has 0 aromatic rings. The molecule has 3 unspecified atom stereocenters. The number of hydrogen-bond donors (Lipinski definition) is 1. The molecule has 14 heavy (non-hydrogen) atoms. The lowest BCUT2D eigenvalue weighted by Crippen LogP contribution is -2.18. The molecule has 0 aromatic heterocycles. The Kier molecular flexibility index (Phi) is 4.67. The zero-order valence-electron chi connectivity index (χ0n) is 9.79. The van der Waals surface area contributed by atoms with Crippen LogP contribution < -0.4 is 0 Å². The molecule has 1 heteroatoms. The van der Waals surface area contributed by atoms with E-state index in [1.807, 2.05) is 0 Å². The number of hydrogen-bond acceptors (Lipinski definition) is 1. The molecule has 0 saturated carbocycles. The van der Waals surface area contributed by atoms with E-state index in [0.29, 0.717) is 5.92 Å². The molecule has 1 N–H and O–H groups in total. The molecule has 0 amide bonds. The van der Waals surface area contributed by atoms with Crippen LogP contribution in [0.5, 0.6) is 0 Å². The molecule has 0 aromatic carbocycles. The van der Waals surface area contributed by atoms with E-state index < -0.39 is 0 Å². The van der Waals surface area contributed by atoms with Gasteiger partial charge in [-0.3, -0.25) is 0 Å². The summed E-state index contributed by atoms with van der Waals surface area (Å²) >= 11 is 0. The second-order valence-electron chi connectivity index (χ2n) is 4.97. The monoisotopic (exact) mass is 196 g/mol. The Bertz CT molecular complexity index is 195. The summed E-state index contributed by atoms with van der Waals surface area (Å²) in [6.07, 6.45) is 7.84. The van der Waals surface area contributed by atoms with Crippen LogP contribution in [0.2, 0.25) is 0 Å². The van der Waals surface area contributed by atoms with Gasteiger partial charge in [-0.1, -0.05) is 31.9 Å². The van der Waals surface area contributed by atoms with Crippen LogP contribution in [0, 0.1) is 11.8 Å². The second-order valence-corrected chi connectivity index (χ2v) is 4.97.